The van der Waals surface area contributed by atoms with Crippen LogP contribution in [0.15, 0.2) is 4.99 Å². The van der Waals surface area contributed by atoms with Crippen molar-refractivity contribution < 1.29 is 4.79 Å². The molecule has 0 radical (unpaired) electrons. The number of hydrogen-bond acceptors (Lipinski definition) is 3. The highest BCUT2D eigenvalue weighted by Gasteiger charge is 2.18. The highest BCUT2D eigenvalue weighted by molar-refractivity contribution is 5.85. The number of carbonyl (C=O) groups excluding carboxylic acids is 1. The normalized spacial score (nSPS) is 23.1. The highest BCUT2D eigenvalue weighted by atomic mass is 16.2. The molecule has 2 saturated heterocycles. The van der Waals surface area contributed by atoms with Crippen LogP contribution >= 0.6 is 0 Å². The second kappa shape index (κ2) is 9.75. The van der Waals surface area contributed by atoms with E-state index in [-0.39, 0.29) is 12.5 Å². The van der Waals surface area contributed by atoms with Crippen LogP contribution in [0.1, 0.15) is 46.0 Å². The van der Waals surface area contributed by atoms with Gasteiger partial charge in [-0.3, -0.25) is 9.69 Å². The smallest absolute Gasteiger partial charge is 0.244 e. The summed E-state index contributed by atoms with van der Waals surface area (Å²) in [5.74, 6) is 0.897. The summed E-state index contributed by atoms with van der Waals surface area (Å²) in [4.78, 5) is 21.0. The maximum Gasteiger partial charge on any atom is 0.244 e. The van der Waals surface area contributed by atoms with Crippen molar-refractivity contribution in [1.29, 1.82) is 0 Å². The van der Waals surface area contributed by atoms with E-state index in [1.165, 1.54) is 25.8 Å². The van der Waals surface area contributed by atoms with E-state index in [1.807, 2.05) is 11.8 Å². The molecule has 0 aromatic rings. The minimum absolute atomic E-state index is 0.143. The number of amides is 1. The fourth-order valence-corrected chi connectivity index (χ4v) is 3.36. The van der Waals surface area contributed by atoms with Crippen molar-refractivity contribution in [3.63, 3.8) is 0 Å². The first-order chi connectivity index (χ1) is 11.2. The minimum Gasteiger partial charge on any atom is -0.357 e. The molecule has 0 aromatic heterocycles. The molecule has 2 fully saturated rings. The molecule has 0 aliphatic carbocycles. The molecule has 2 N–H and O–H groups in total. The number of aliphatic imine (C=N–C) groups is 1. The van der Waals surface area contributed by atoms with E-state index in [1.54, 1.807) is 0 Å². The Morgan fingerprint density at radius 3 is 2.57 bits per heavy atom. The topological polar surface area (TPSA) is 60.0 Å². The van der Waals surface area contributed by atoms with E-state index in [4.69, 9.17) is 0 Å². The number of hydrogen-bond donors (Lipinski definition) is 2. The van der Waals surface area contributed by atoms with E-state index in [0.717, 1.165) is 51.5 Å². The van der Waals surface area contributed by atoms with Gasteiger partial charge in [0.05, 0.1) is 0 Å². The second-order valence-corrected chi connectivity index (χ2v) is 6.59. The lowest BCUT2D eigenvalue weighted by Gasteiger charge is -2.33. The van der Waals surface area contributed by atoms with E-state index >= 15 is 0 Å². The first-order valence-corrected chi connectivity index (χ1v) is 9.24. The summed E-state index contributed by atoms with van der Waals surface area (Å²) in [7, 11) is 0. The van der Waals surface area contributed by atoms with Crippen molar-refractivity contribution >= 4 is 11.9 Å². The van der Waals surface area contributed by atoms with Crippen molar-refractivity contribution in [3.8, 4) is 0 Å². The molecule has 1 atom stereocenters. The average Bonchev–Trinajstić information content (AvgIpc) is 3.08. The van der Waals surface area contributed by atoms with Gasteiger partial charge in [-0.05, 0) is 46.1 Å². The quantitative estimate of drug-likeness (QED) is 0.566. The summed E-state index contributed by atoms with van der Waals surface area (Å²) in [5, 5.41) is 6.59. The molecule has 6 heteroatoms. The SMILES string of the molecule is CCNC(=NCC(=O)N1CCCC1)NCCN1CCCCC1C. The van der Waals surface area contributed by atoms with Crippen LogP contribution in [0.3, 0.4) is 0 Å². The predicted molar refractivity (Wildman–Crippen MR) is 94.7 cm³/mol. The largest absolute Gasteiger partial charge is 0.357 e. The molecule has 132 valence electrons. The molecule has 0 aromatic carbocycles. The number of likely N-dealkylation sites (tertiary alicyclic amines) is 2. The summed E-state index contributed by atoms with van der Waals surface area (Å²) in [6.07, 6.45) is 6.22. The van der Waals surface area contributed by atoms with Gasteiger partial charge >= 0.3 is 0 Å². The van der Waals surface area contributed by atoms with Gasteiger partial charge in [0.1, 0.15) is 6.54 Å². The molecular weight excluding hydrogens is 290 g/mol. The third-order valence-corrected chi connectivity index (χ3v) is 4.81. The van der Waals surface area contributed by atoms with Crippen LogP contribution in [0.5, 0.6) is 0 Å². The number of nitrogens with one attached hydrogen (secondary N) is 2. The standard InChI is InChI=1S/C17H33N5O/c1-3-18-17(20-14-16(23)22-11-6-7-12-22)19-9-13-21-10-5-4-8-15(21)2/h15H,3-14H2,1-2H3,(H2,18,19,20). The van der Waals surface area contributed by atoms with Crippen LogP contribution < -0.4 is 10.6 Å². The maximum absolute atomic E-state index is 12.1. The molecule has 2 rings (SSSR count). The predicted octanol–water partition coefficient (Wildman–Crippen LogP) is 1.04. The van der Waals surface area contributed by atoms with Crippen LogP contribution in [-0.4, -0.2) is 73.5 Å². The Labute approximate surface area is 140 Å². The molecule has 0 saturated carbocycles. The zero-order chi connectivity index (χ0) is 16.5. The van der Waals surface area contributed by atoms with Gasteiger partial charge in [0, 0.05) is 38.8 Å². The summed E-state index contributed by atoms with van der Waals surface area (Å²) in [6, 6.07) is 0.682. The monoisotopic (exact) mass is 323 g/mol. The van der Waals surface area contributed by atoms with Gasteiger partial charge in [-0.1, -0.05) is 6.42 Å². The lowest BCUT2D eigenvalue weighted by Crippen LogP contribution is -2.45. The summed E-state index contributed by atoms with van der Waals surface area (Å²) in [5.41, 5.74) is 0. The zero-order valence-electron chi connectivity index (χ0n) is 14.8. The third kappa shape index (κ3) is 6.01. The molecule has 2 aliphatic rings. The highest BCUT2D eigenvalue weighted by Crippen LogP contribution is 2.15. The summed E-state index contributed by atoms with van der Waals surface area (Å²) >= 11 is 0. The Morgan fingerprint density at radius 1 is 1.13 bits per heavy atom. The van der Waals surface area contributed by atoms with Crippen LogP contribution in [0, 0.1) is 0 Å². The molecule has 2 heterocycles. The van der Waals surface area contributed by atoms with Crippen LogP contribution in [0.25, 0.3) is 0 Å². The van der Waals surface area contributed by atoms with E-state index in [9.17, 15) is 4.79 Å². The second-order valence-electron chi connectivity index (χ2n) is 6.59. The van der Waals surface area contributed by atoms with Crippen molar-refractivity contribution in [2.24, 2.45) is 4.99 Å². The molecule has 6 nitrogen and oxygen atoms in total. The van der Waals surface area contributed by atoms with Crippen LogP contribution in [-0.2, 0) is 4.79 Å². The Kier molecular flexibility index (Phi) is 7.65. The molecule has 1 unspecified atom stereocenters. The lowest BCUT2D eigenvalue weighted by molar-refractivity contribution is -0.128. The van der Waals surface area contributed by atoms with E-state index in [2.05, 4.69) is 27.4 Å². The number of rotatable bonds is 6. The average molecular weight is 323 g/mol. The number of guanidine groups is 1. The molecule has 0 bridgehead atoms. The van der Waals surface area contributed by atoms with Crippen LogP contribution in [0.2, 0.25) is 0 Å². The number of carbonyl (C=O) groups is 1. The summed E-state index contributed by atoms with van der Waals surface area (Å²) < 4.78 is 0. The molecule has 23 heavy (non-hydrogen) atoms. The number of nitrogens with zero attached hydrogens (tertiary/aromatic N) is 3. The van der Waals surface area contributed by atoms with Gasteiger partial charge in [-0.25, -0.2) is 4.99 Å². The summed E-state index contributed by atoms with van der Waals surface area (Å²) in [6.45, 7) is 10.3. The zero-order valence-corrected chi connectivity index (χ0v) is 14.8. The molecule has 2 aliphatic heterocycles. The molecular formula is C17H33N5O. The van der Waals surface area contributed by atoms with E-state index < -0.39 is 0 Å². The molecule has 0 spiro atoms. The fourth-order valence-electron chi connectivity index (χ4n) is 3.36. The Balaban J connectivity index is 1.73. The Bertz CT molecular complexity index is 392. The van der Waals surface area contributed by atoms with E-state index in [0.29, 0.717) is 6.04 Å². The lowest BCUT2D eigenvalue weighted by atomic mass is 10.0. The minimum atomic E-state index is 0.143. The van der Waals surface area contributed by atoms with Crippen molar-refractivity contribution in [3.05, 3.63) is 0 Å². The third-order valence-electron chi connectivity index (χ3n) is 4.81. The van der Waals surface area contributed by atoms with Gasteiger partial charge in [-0.15, -0.1) is 0 Å². The first kappa shape index (κ1) is 18.0. The molecule has 1 amide bonds. The fraction of sp³-hybridized carbons (Fsp3) is 0.882. The maximum atomic E-state index is 12.1. The number of piperidine rings is 1. The van der Waals surface area contributed by atoms with Crippen molar-refractivity contribution in [1.82, 2.24) is 20.4 Å². The van der Waals surface area contributed by atoms with Gasteiger partial charge < -0.3 is 15.5 Å². The first-order valence-electron chi connectivity index (χ1n) is 9.24. The van der Waals surface area contributed by atoms with Gasteiger partial charge in [0.15, 0.2) is 5.96 Å². The van der Waals surface area contributed by atoms with Gasteiger partial charge in [0.2, 0.25) is 5.91 Å². The van der Waals surface area contributed by atoms with Gasteiger partial charge in [-0.2, -0.15) is 0 Å². The van der Waals surface area contributed by atoms with Crippen molar-refractivity contribution in [2.45, 2.75) is 52.0 Å². The Morgan fingerprint density at radius 2 is 1.87 bits per heavy atom. The Hall–Kier alpha value is -1.30. The van der Waals surface area contributed by atoms with Gasteiger partial charge in [0.25, 0.3) is 0 Å². The van der Waals surface area contributed by atoms with Crippen molar-refractivity contribution in [2.75, 3.05) is 45.8 Å². The van der Waals surface area contributed by atoms with Crippen LogP contribution in [0.4, 0.5) is 0 Å².